The van der Waals surface area contributed by atoms with Crippen LogP contribution in [0.25, 0.3) is 0 Å². The second kappa shape index (κ2) is 11.7. The summed E-state index contributed by atoms with van der Waals surface area (Å²) in [4.78, 5) is 28.1. The van der Waals surface area contributed by atoms with Gasteiger partial charge in [-0.15, -0.1) is 13.2 Å². The summed E-state index contributed by atoms with van der Waals surface area (Å²) < 4.78 is 29.1. The van der Waals surface area contributed by atoms with Gasteiger partial charge in [0.25, 0.3) is 15.9 Å². The van der Waals surface area contributed by atoms with E-state index < -0.39 is 10.0 Å². The minimum atomic E-state index is -3.97. The Morgan fingerprint density at radius 3 is 2.26 bits per heavy atom. The molecule has 1 fully saturated rings. The molecule has 2 aromatic rings. The number of carbonyl (C=O) groups is 2. The third-order valence-electron chi connectivity index (χ3n) is 5.42. The summed E-state index contributed by atoms with van der Waals surface area (Å²) >= 11 is 0. The quantitative estimate of drug-likeness (QED) is 0.435. The maximum absolute atomic E-state index is 13.2. The molecule has 1 saturated heterocycles. The zero-order valence-electron chi connectivity index (χ0n) is 19.8. The van der Waals surface area contributed by atoms with Gasteiger partial charge in [-0.2, -0.15) is 0 Å². The molecule has 10 heteroatoms. The van der Waals surface area contributed by atoms with Crippen LogP contribution in [0.15, 0.2) is 72.7 Å². The number of hydrogen-bond acceptors (Lipinski definition) is 6. The molecule has 35 heavy (non-hydrogen) atoms. The predicted molar refractivity (Wildman–Crippen MR) is 139 cm³/mol. The lowest BCUT2D eigenvalue weighted by molar-refractivity contribution is -0.114. The predicted octanol–water partition coefficient (Wildman–Crippen LogP) is 2.67. The standard InChI is InChI=1S/C25H31N5O4S/c1-4-14-30(15-5-2)25(32)20-6-11-24(29-16-12-26-13-17-29)23(18-20)28-35(33,34)22-9-7-21(8-10-22)27-19(3)31/h4-11,18,26,28H,1-2,12-17H2,3H3,(H,27,31). The topological polar surface area (TPSA) is 111 Å². The zero-order valence-corrected chi connectivity index (χ0v) is 20.6. The molecule has 186 valence electrons. The number of amides is 2. The van der Waals surface area contributed by atoms with E-state index in [2.05, 4.69) is 33.4 Å². The molecule has 0 bridgehead atoms. The number of sulfonamides is 1. The van der Waals surface area contributed by atoms with Crippen LogP contribution in [0.2, 0.25) is 0 Å². The Bertz CT molecular complexity index is 1180. The van der Waals surface area contributed by atoms with Gasteiger partial charge in [0.05, 0.1) is 16.3 Å². The normalized spacial score (nSPS) is 13.6. The van der Waals surface area contributed by atoms with Gasteiger partial charge in [-0.05, 0) is 42.5 Å². The molecule has 2 aromatic carbocycles. The van der Waals surface area contributed by atoms with E-state index in [1.165, 1.54) is 31.2 Å². The molecule has 1 aliphatic rings. The van der Waals surface area contributed by atoms with Crippen molar-refractivity contribution in [3.05, 3.63) is 73.3 Å². The minimum Gasteiger partial charge on any atom is -0.367 e. The van der Waals surface area contributed by atoms with Gasteiger partial charge in [0.2, 0.25) is 5.91 Å². The Morgan fingerprint density at radius 2 is 1.69 bits per heavy atom. The average Bonchev–Trinajstić information content (AvgIpc) is 2.84. The highest BCUT2D eigenvalue weighted by Crippen LogP contribution is 2.30. The number of carbonyl (C=O) groups excluding carboxylic acids is 2. The molecule has 9 nitrogen and oxygen atoms in total. The number of piperazine rings is 1. The largest absolute Gasteiger partial charge is 0.367 e. The van der Waals surface area contributed by atoms with Gasteiger partial charge in [0, 0.05) is 57.4 Å². The van der Waals surface area contributed by atoms with Crippen LogP contribution in [0.3, 0.4) is 0 Å². The highest BCUT2D eigenvalue weighted by atomic mass is 32.2. The molecule has 0 radical (unpaired) electrons. The molecule has 0 spiro atoms. The second-order valence-corrected chi connectivity index (χ2v) is 9.75. The van der Waals surface area contributed by atoms with Gasteiger partial charge in [0.15, 0.2) is 0 Å². The van der Waals surface area contributed by atoms with Crippen molar-refractivity contribution in [2.75, 3.05) is 54.2 Å². The molecule has 0 unspecified atom stereocenters. The van der Waals surface area contributed by atoms with E-state index in [0.717, 1.165) is 13.1 Å². The summed E-state index contributed by atoms with van der Waals surface area (Å²) in [6, 6.07) is 10.9. The Balaban J connectivity index is 1.97. The van der Waals surface area contributed by atoms with Crippen LogP contribution in [0.4, 0.5) is 17.1 Å². The van der Waals surface area contributed by atoms with Crippen LogP contribution < -0.4 is 20.3 Å². The minimum absolute atomic E-state index is 0.0366. The summed E-state index contributed by atoms with van der Waals surface area (Å²) in [5.41, 5.74) is 1.86. The van der Waals surface area contributed by atoms with Crippen LogP contribution in [0.5, 0.6) is 0 Å². The zero-order chi connectivity index (χ0) is 25.4. The fourth-order valence-electron chi connectivity index (χ4n) is 3.79. The molecule has 0 saturated carbocycles. The van der Waals surface area contributed by atoms with Crippen LogP contribution in [-0.4, -0.2) is 64.4 Å². The third-order valence-corrected chi connectivity index (χ3v) is 6.80. The fraction of sp³-hybridized carbons (Fsp3) is 0.280. The number of nitrogens with zero attached hydrogens (tertiary/aromatic N) is 2. The Hall–Kier alpha value is -3.63. The van der Waals surface area contributed by atoms with Crippen molar-refractivity contribution in [1.29, 1.82) is 0 Å². The molecule has 3 N–H and O–H groups in total. The van der Waals surface area contributed by atoms with Crippen LogP contribution in [-0.2, 0) is 14.8 Å². The second-order valence-electron chi connectivity index (χ2n) is 8.07. The smallest absolute Gasteiger partial charge is 0.261 e. The van der Waals surface area contributed by atoms with E-state index in [-0.39, 0.29) is 16.7 Å². The molecule has 1 heterocycles. The van der Waals surface area contributed by atoms with Gasteiger partial charge in [-0.25, -0.2) is 8.42 Å². The van der Waals surface area contributed by atoms with Crippen LogP contribution >= 0.6 is 0 Å². The monoisotopic (exact) mass is 497 g/mol. The first-order chi connectivity index (χ1) is 16.7. The summed E-state index contributed by atoms with van der Waals surface area (Å²) in [6.07, 6.45) is 3.26. The first-order valence-corrected chi connectivity index (χ1v) is 12.7. The Kier molecular flexibility index (Phi) is 8.67. The lowest BCUT2D eigenvalue weighted by Crippen LogP contribution is -2.43. The summed E-state index contributed by atoms with van der Waals surface area (Å²) in [5.74, 6) is -0.500. The Labute approximate surface area is 206 Å². The van der Waals surface area contributed by atoms with Gasteiger partial charge in [-0.1, -0.05) is 12.2 Å². The van der Waals surface area contributed by atoms with Crippen molar-refractivity contribution in [1.82, 2.24) is 10.2 Å². The lowest BCUT2D eigenvalue weighted by Gasteiger charge is -2.31. The van der Waals surface area contributed by atoms with E-state index in [0.29, 0.717) is 48.8 Å². The van der Waals surface area contributed by atoms with Crippen molar-refractivity contribution in [2.24, 2.45) is 0 Å². The van der Waals surface area contributed by atoms with Crippen molar-refractivity contribution in [3.63, 3.8) is 0 Å². The lowest BCUT2D eigenvalue weighted by atomic mass is 10.1. The van der Waals surface area contributed by atoms with Gasteiger partial charge in [-0.3, -0.25) is 14.3 Å². The highest BCUT2D eigenvalue weighted by Gasteiger charge is 2.22. The number of hydrogen-bond donors (Lipinski definition) is 3. The van der Waals surface area contributed by atoms with Crippen molar-refractivity contribution in [3.8, 4) is 0 Å². The molecule has 0 atom stereocenters. The summed E-state index contributed by atoms with van der Waals surface area (Å²) in [5, 5.41) is 5.89. The number of rotatable bonds is 10. The Morgan fingerprint density at radius 1 is 1.06 bits per heavy atom. The van der Waals surface area contributed by atoms with Gasteiger partial charge in [0.1, 0.15) is 0 Å². The van der Waals surface area contributed by atoms with E-state index in [9.17, 15) is 18.0 Å². The molecular formula is C25H31N5O4S. The molecule has 3 rings (SSSR count). The average molecular weight is 498 g/mol. The van der Waals surface area contributed by atoms with Crippen molar-refractivity contribution < 1.29 is 18.0 Å². The molecule has 0 aromatic heterocycles. The summed E-state index contributed by atoms with van der Waals surface area (Å²) in [6.45, 7) is 12.4. The number of benzene rings is 2. The first kappa shape index (κ1) is 26.0. The van der Waals surface area contributed by atoms with Crippen molar-refractivity contribution in [2.45, 2.75) is 11.8 Å². The maximum atomic E-state index is 13.2. The van der Waals surface area contributed by atoms with Crippen molar-refractivity contribution >= 4 is 38.9 Å². The number of nitrogens with one attached hydrogen (secondary N) is 3. The van der Waals surface area contributed by atoms with E-state index in [4.69, 9.17) is 0 Å². The summed E-state index contributed by atoms with van der Waals surface area (Å²) in [7, 11) is -3.97. The van der Waals surface area contributed by atoms with E-state index in [1.807, 2.05) is 0 Å². The SMILES string of the molecule is C=CCN(CC=C)C(=O)c1ccc(N2CCNCC2)c(NS(=O)(=O)c2ccc(NC(C)=O)cc2)c1. The number of anilines is 3. The highest BCUT2D eigenvalue weighted by molar-refractivity contribution is 7.92. The van der Waals surface area contributed by atoms with E-state index in [1.54, 1.807) is 35.3 Å². The molecular weight excluding hydrogens is 466 g/mol. The fourth-order valence-corrected chi connectivity index (χ4v) is 4.86. The van der Waals surface area contributed by atoms with Gasteiger partial charge < -0.3 is 20.4 Å². The van der Waals surface area contributed by atoms with E-state index >= 15 is 0 Å². The molecule has 2 amide bonds. The first-order valence-electron chi connectivity index (χ1n) is 11.3. The third kappa shape index (κ3) is 6.71. The molecule has 1 aliphatic heterocycles. The maximum Gasteiger partial charge on any atom is 0.261 e. The molecule has 0 aliphatic carbocycles. The van der Waals surface area contributed by atoms with Gasteiger partial charge >= 0.3 is 0 Å². The van der Waals surface area contributed by atoms with Crippen LogP contribution in [0.1, 0.15) is 17.3 Å². The van der Waals surface area contributed by atoms with Crippen LogP contribution in [0, 0.1) is 0 Å².